The molecule has 1 saturated carbocycles. The van der Waals surface area contributed by atoms with Crippen LogP contribution in [0.15, 0.2) is 47.8 Å². The summed E-state index contributed by atoms with van der Waals surface area (Å²) >= 11 is 0. The first-order valence-corrected chi connectivity index (χ1v) is 13.3. The number of aromatic nitrogens is 2. The van der Waals surface area contributed by atoms with Crippen molar-refractivity contribution < 1.29 is 9.90 Å². The van der Waals surface area contributed by atoms with Crippen molar-refractivity contribution in [2.75, 3.05) is 12.4 Å². The molecular formula is C30H39N5O2. The number of aliphatic carboxylic acids is 1. The highest BCUT2D eigenvalue weighted by atomic mass is 16.4. The van der Waals surface area contributed by atoms with Gasteiger partial charge in [-0.3, -0.25) is 4.79 Å². The molecule has 0 radical (unpaired) electrons. The maximum Gasteiger partial charge on any atom is 0.304 e. The van der Waals surface area contributed by atoms with Crippen LogP contribution in [0.3, 0.4) is 0 Å². The Morgan fingerprint density at radius 1 is 1.22 bits per heavy atom. The van der Waals surface area contributed by atoms with Crippen molar-refractivity contribution in [1.82, 2.24) is 9.55 Å². The van der Waals surface area contributed by atoms with E-state index in [1.165, 1.54) is 37.7 Å². The third kappa shape index (κ3) is 5.76. The zero-order valence-electron chi connectivity index (χ0n) is 22.4. The molecule has 196 valence electrons. The smallest absolute Gasteiger partial charge is 0.304 e. The molecule has 3 aromatic rings. The first-order valence-electron chi connectivity index (χ1n) is 13.3. The van der Waals surface area contributed by atoms with Crippen molar-refractivity contribution in [2.24, 2.45) is 11.0 Å². The summed E-state index contributed by atoms with van der Waals surface area (Å²) in [4.78, 5) is 16.7. The topological polar surface area (TPSA) is 103 Å². The van der Waals surface area contributed by atoms with Gasteiger partial charge in [0, 0.05) is 37.8 Å². The van der Waals surface area contributed by atoms with Crippen LogP contribution < -0.4 is 5.32 Å². The van der Waals surface area contributed by atoms with Crippen LogP contribution in [-0.2, 0) is 11.3 Å². The summed E-state index contributed by atoms with van der Waals surface area (Å²) in [6.45, 7) is 7.04. The van der Waals surface area contributed by atoms with E-state index in [-0.39, 0.29) is 12.3 Å². The summed E-state index contributed by atoms with van der Waals surface area (Å²) in [7, 11) is 1.80. The maximum atomic E-state index is 11.9. The number of carbonyl (C=O) groups is 1. The van der Waals surface area contributed by atoms with E-state index in [1.54, 1.807) is 7.05 Å². The van der Waals surface area contributed by atoms with Crippen LogP contribution in [0.2, 0.25) is 0 Å². The monoisotopic (exact) mass is 501 g/mol. The molecule has 1 heterocycles. The number of aryl methyl sites for hydroxylation is 1. The minimum Gasteiger partial charge on any atom is -0.481 e. The van der Waals surface area contributed by atoms with Gasteiger partial charge in [-0.2, -0.15) is 5.11 Å². The second kappa shape index (κ2) is 11.7. The molecule has 0 spiro atoms. The van der Waals surface area contributed by atoms with E-state index in [0.29, 0.717) is 24.1 Å². The predicted molar refractivity (Wildman–Crippen MR) is 147 cm³/mol. The van der Waals surface area contributed by atoms with Gasteiger partial charge in [-0.05, 0) is 66.5 Å². The van der Waals surface area contributed by atoms with Gasteiger partial charge in [-0.1, -0.05) is 50.5 Å². The van der Waals surface area contributed by atoms with Gasteiger partial charge in [-0.25, -0.2) is 10.5 Å². The van der Waals surface area contributed by atoms with Crippen molar-refractivity contribution in [1.29, 1.82) is 5.53 Å². The number of benzene rings is 2. The number of rotatable bonds is 10. The van der Waals surface area contributed by atoms with Gasteiger partial charge in [0.05, 0.1) is 12.1 Å². The third-order valence-electron chi connectivity index (χ3n) is 8.24. The highest BCUT2D eigenvalue weighted by Gasteiger charge is 2.26. The van der Waals surface area contributed by atoms with Crippen molar-refractivity contribution in [2.45, 2.75) is 77.7 Å². The number of hydrogen-bond donors (Lipinski definition) is 3. The van der Waals surface area contributed by atoms with Gasteiger partial charge in [0.2, 0.25) is 0 Å². The number of nitrogens with zero attached hydrogens (tertiary/aromatic N) is 3. The Morgan fingerprint density at radius 2 is 1.97 bits per heavy atom. The van der Waals surface area contributed by atoms with Crippen molar-refractivity contribution in [3.8, 4) is 0 Å². The zero-order chi connectivity index (χ0) is 26.5. The van der Waals surface area contributed by atoms with Crippen molar-refractivity contribution >= 4 is 17.3 Å². The van der Waals surface area contributed by atoms with Gasteiger partial charge in [-0.15, -0.1) is 0 Å². The fourth-order valence-corrected chi connectivity index (χ4v) is 5.98. The van der Waals surface area contributed by atoms with Crippen LogP contribution in [0.4, 0.5) is 11.4 Å². The highest BCUT2D eigenvalue weighted by Crippen LogP contribution is 2.39. The Kier molecular flexibility index (Phi) is 8.41. The Balaban J connectivity index is 1.69. The minimum atomic E-state index is -0.855. The molecule has 3 N–H and O–H groups in total. The zero-order valence-corrected chi connectivity index (χ0v) is 22.4. The molecule has 7 heteroatoms. The van der Waals surface area contributed by atoms with E-state index in [0.717, 1.165) is 33.8 Å². The first kappa shape index (κ1) is 26.6. The van der Waals surface area contributed by atoms with E-state index < -0.39 is 5.97 Å². The molecule has 7 nitrogen and oxygen atoms in total. The molecule has 2 unspecified atom stereocenters. The minimum absolute atomic E-state index is 0.0330. The van der Waals surface area contributed by atoms with Crippen molar-refractivity contribution in [3.05, 3.63) is 76.4 Å². The van der Waals surface area contributed by atoms with Gasteiger partial charge >= 0.3 is 5.97 Å². The second-order valence-electron chi connectivity index (χ2n) is 10.5. The Hall–Kier alpha value is -3.48. The van der Waals surface area contributed by atoms with Crippen LogP contribution in [0, 0.1) is 25.3 Å². The molecule has 1 aromatic heterocycles. The largest absolute Gasteiger partial charge is 0.481 e. The molecule has 0 bridgehead atoms. The third-order valence-corrected chi connectivity index (χ3v) is 8.24. The lowest BCUT2D eigenvalue weighted by Gasteiger charge is -2.28. The van der Waals surface area contributed by atoms with Gasteiger partial charge in [0.25, 0.3) is 0 Å². The summed E-state index contributed by atoms with van der Waals surface area (Å²) < 4.78 is 2.27. The lowest BCUT2D eigenvalue weighted by molar-refractivity contribution is -0.137. The van der Waals surface area contributed by atoms with E-state index in [4.69, 9.17) is 10.5 Å². The Bertz CT molecular complexity index is 1260. The Labute approximate surface area is 219 Å². The van der Waals surface area contributed by atoms with E-state index in [2.05, 4.69) is 47.2 Å². The van der Waals surface area contributed by atoms with Crippen LogP contribution in [0.1, 0.15) is 90.9 Å². The molecule has 0 saturated heterocycles. The summed E-state index contributed by atoms with van der Waals surface area (Å²) in [5, 5.41) is 16.6. The van der Waals surface area contributed by atoms with E-state index in [1.807, 2.05) is 31.3 Å². The fourth-order valence-electron chi connectivity index (χ4n) is 5.98. The molecule has 1 fully saturated rings. The molecule has 0 aliphatic heterocycles. The average Bonchev–Trinajstić information content (AvgIpc) is 3.36. The normalized spacial score (nSPS) is 15.8. The lowest BCUT2D eigenvalue weighted by atomic mass is 9.80. The fraction of sp³-hybridized carbons (Fsp3) is 0.467. The summed E-state index contributed by atoms with van der Waals surface area (Å²) in [6, 6.07) is 10.1. The van der Waals surface area contributed by atoms with Crippen LogP contribution in [-0.4, -0.2) is 27.7 Å². The maximum absolute atomic E-state index is 11.9. The average molecular weight is 502 g/mol. The van der Waals surface area contributed by atoms with Gasteiger partial charge in [0.15, 0.2) is 0 Å². The molecular weight excluding hydrogens is 462 g/mol. The van der Waals surface area contributed by atoms with Gasteiger partial charge in [0.1, 0.15) is 11.5 Å². The number of imidazole rings is 1. The Morgan fingerprint density at radius 3 is 2.65 bits per heavy atom. The highest BCUT2D eigenvalue weighted by molar-refractivity contribution is 5.73. The number of nitrogens with one attached hydrogen (secondary N) is 2. The summed E-state index contributed by atoms with van der Waals surface area (Å²) in [6.07, 6.45) is 10.5. The first-order chi connectivity index (χ1) is 17.8. The van der Waals surface area contributed by atoms with Crippen molar-refractivity contribution in [3.63, 3.8) is 0 Å². The number of hydrogen-bond acceptors (Lipinski definition) is 5. The standard InChI is InChI=1S/C30H39N5O2/c1-19-10-11-23(26(17-28(36)37)25-12-13-27(32-4)29(34-31)21(25)3)16-24(19)18-35-15-14-33-30(35)20(2)22-8-6-5-7-9-22/h10-16,20,22,26,31-32H,5-9,17-18H2,1-4H3,(H,36,37). The molecule has 37 heavy (non-hydrogen) atoms. The quantitative estimate of drug-likeness (QED) is 0.250. The molecule has 4 rings (SSSR count). The second-order valence-corrected chi connectivity index (χ2v) is 10.5. The SMILES string of the molecule is CNc1ccc(C(CC(=O)O)c2ccc(C)c(Cn3ccnc3C(C)C3CCCCC3)c2)c(C)c1N=N. The van der Waals surface area contributed by atoms with Crippen LogP contribution in [0.25, 0.3) is 0 Å². The molecule has 1 aliphatic rings. The number of anilines is 1. The van der Waals surface area contributed by atoms with Crippen LogP contribution in [0.5, 0.6) is 0 Å². The lowest BCUT2D eigenvalue weighted by Crippen LogP contribution is -2.18. The predicted octanol–water partition coefficient (Wildman–Crippen LogP) is 7.54. The molecule has 2 atom stereocenters. The summed E-state index contributed by atoms with van der Waals surface area (Å²) in [5.74, 6) is 1.04. The summed E-state index contributed by atoms with van der Waals surface area (Å²) in [5.41, 5.74) is 14.0. The molecule has 0 amide bonds. The number of carboxylic acid groups (broad SMARTS) is 1. The van der Waals surface area contributed by atoms with E-state index in [9.17, 15) is 9.90 Å². The van der Waals surface area contributed by atoms with Gasteiger partial charge < -0.3 is 15.0 Å². The van der Waals surface area contributed by atoms with Crippen LogP contribution >= 0.6 is 0 Å². The number of carboxylic acids is 1. The molecule has 1 aliphatic carbocycles. The molecule has 2 aromatic carbocycles. The van der Waals surface area contributed by atoms with E-state index >= 15 is 0 Å².